The highest BCUT2D eigenvalue weighted by Crippen LogP contribution is 2.71. The van der Waals surface area contributed by atoms with Gasteiger partial charge in [0.15, 0.2) is 0 Å². The van der Waals surface area contributed by atoms with Crippen LogP contribution in [0.1, 0.15) is 30.0 Å². The van der Waals surface area contributed by atoms with Crippen LogP contribution in [0, 0.1) is 0 Å². The maximum Gasteiger partial charge on any atom is 0.295 e. The highest BCUT2D eigenvalue weighted by atomic mass is 31.2. The second-order valence-corrected chi connectivity index (χ2v) is 8.30. The van der Waals surface area contributed by atoms with E-state index in [4.69, 9.17) is 4.52 Å². The van der Waals surface area contributed by atoms with Crippen LogP contribution in [0.4, 0.5) is 0 Å². The highest BCUT2D eigenvalue weighted by Gasteiger charge is 2.54. The van der Waals surface area contributed by atoms with Gasteiger partial charge in [-0.15, -0.1) is 0 Å². The fourth-order valence-corrected chi connectivity index (χ4v) is 6.20. The monoisotopic (exact) mass is 330 g/mol. The molecule has 1 fully saturated rings. The summed E-state index contributed by atoms with van der Waals surface area (Å²) < 4.78 is 21.5. The quantitative estimate of drug-likeness (QED) is 0.773. The third-order valence-corrected chi connectivity index (χ3v) is 7.39. The van der Waals surface area contributed by atoms with Crippen molar-refractivity contribution in [2.75, 3.05) is 20.7 Å². The normalized spacial score (nSPS) is 29.0. The Bertz CT molecular complexity index is 693. The SMILES string of the molecule is CCOP1(=O)C(c2ccccc2)N(C)C(c2ccccc2)N1C. The molecule has 1 heterocycles. The molecular formula is C18H23N2O2P. The summed E-state index contributed by atoms with van der Waals surface area (Å²) >= 11 is 0. The van der Waals surface area contributed by atoms with E-state index in [1.807, 2.05) is 74.2 Å². The van der Waals surface area contributed by atoms with E-state index >= 15 is 0 Å². The molecule has 1 aliphatic heterocycles. The number of benzene rings is 2. The van der Waals surface area contributed by atoms with E-state index in [1.54, 1.807) is 0 Å². The van der Waals surface area contributed by atoms with Crippen LogP contribution >= 0.6 is 7.52 Å². The Morgan fingerprint density at radius 3 is 2.00 bits per heavy atom. The van der Waals surface area contributed by atoms with Gasteiger partial charge in [-0.2, -0.15) is 0 Å². The van der Waals surface area contributed by atoms with E-state index in [2.05, 4.69) is 17.0 Å². The first-order valence-corrected chi connectivity index (χ1v) is 9.53. The van der Waals surface area contributed by atoms with Crippen molar-refractivity contribution < 1.29 is 9.09 Å². The van der Waals surface area contributed by atoms with Gasteiger partial charge in [-0.1, -0.05) is 60.7 Å². The number of nitrogens with zero attached hydrogens (tertiary/aromatic N) is 2. The van der Waals surface area contributed by atoms with Crippen molar-refractivity contribution in [2.45, 2.75) is 18.9 Å². The average Bonchev–Trinajstić information content (AvgIpc) is 2.76. The third-order valence-electron chi connectivity index (χ3n) is 4.38. The number of hydrogen-bond donors (Lipinski definition) is 0. The number of hydrogen-bond acceptors (Lipinski definition) is 3. The van der Waals surface area contributed by atoms with Crippen LogP contribution in [0.3, 0.4) is 0 Å². The average molecular weight is 330 g/mol. The minimum atomic E-state index is -3.01. The molecule has 0 radical (unpaired) electrons. The van der Waals surface area contributed by atoms with Crippen LogP contribution in [0.5, 0.6) is 0 Å². The summed E-state index contributed by atoms with van der Waals surface area (Å²) in [5, 5.41) is 0. The second-order valence-electron chi connectivity index (χ2n) is 5.79. The van der Waals surface area contributed by atoms with Crippen LogP contribution in [0.15, 0.2) is 60.7 Å². The molecule has 5 heteroatoms. The van der Waals surface area contributed by atoms with Crippen molar-refractivity contribution in [1.29, 1.82) is 0 Å². The fourth-order valence-electron chi connectivity index (χ4n) is 3.42. The van der Waals surface area contributed by atoms with E-state index < -0.39 is 7.52 Å². The molecule has 4 nitrogen and oxygen atoms in total. The molecule has 0 bridgehead atoms. The van der Waals surface area contributed by atoms with Gasteiger partial charge in [-0.05, 0) is 32.1 Å². The molecule has 0 aromatic heterocycles. The summed E-state index contributed by atoms with van der Waals surface area (Å²) in [7, 11) is 0.903. The lowest BCUT2D eigenvalue weighted by Crippen LogP contribution is -2.26. The van der Waals surface area contributed by atoms with Crippen LogP contribution in [-0.4, -0.2) is 30.3 Å². The first kappa shape index (κ1) is 16.4. The second kappa shape index (κ2) is 6.58. The van der Waals surface area contributed by atoms with E-state index in [9.17, 15) is 4.57 Å². The topological polar surface area (TPSA) is 32.8 Å². The smallest absolute Gasteiger partial charge is 0.295 e. The molecule has 23 heavy (non-hydrogen) atoms. The molecule has 0 saturated carbocycles. The van der Waals surface area contributed by atoms with Crippen LogP contribution in [0.25, 0.3) is 0 Å². The van der Waals surface area contributed by atoms with Gasteiger partial charge >= 0.3 is 0 Å². The van der Waals surface area contributed by atoms with E-state index in [0.29, 0.717) is 6.61 Å². The van der Waals surface area contributed by atoms with Gasteiger partial charge in [0.1, 0.15) is 5.78 Å². The number of rotatable bonds is 4. The Morgan fingerprint density at radius 1 is 0.957 bits per heavy atom. The van der Waals surface area contributed by atoms with Crippen LogP contribution in [0.2, 0.25) is 0 Å². The lowest BCUT2D eigenvalue weighted by atomic mass is 10.1. The Labute approximate surface area is 138 Å². The standard InChI is InChI=1S/C18H23N2O2P/c1-4-22-23(21)18(16-13-9-6-10-14-16)19(2)17(20(23)3)15-11-7-5-8-12-15/h5-14,17-18H,4H2,1-3H3. The predicted octanol–water partition coefficient (Wildman–Crippen LogP) is 4.49. The van der Waals surface area contributed by atoms with Crippen LogP contribution in [-0.2, 0) is 9.09 Å². The van der Waals surface area contributed by atoms with Gasteiger partial charge in [0.2, 0.25) is 0 Å². The Kier molecular flexibility index (Phi) is 4.69. The summed E-state index contributed by atoms with van der Waals surface area (Å²) in [5.41, 5.74) is 2.15. The third kappa shape index (κ3) is 2.77. The predicted molar refractivity (Wildman–Crippen MR) is 93.1 cm³/mol. The van der Waals surface area contributed by atoms with Crippen LogP contribution < -0.4 is 0 Å². The Morgan fingerprint density at radius 2 is 1.48 bits per heavy atom. The van der Waals surface area contributed by atoms with Crippen molar-refractivity contribution in [2.24, 2.45) is 0 Å². The molecule has 1 saturated heterocycles. The first-order valence-electron chi connectivity index (χ1n) is 7.89. The molecule has 122 valence electrons. The van der Waals surface area contributed by atoms with Crippen molar-refractivity contribution in [3.63, 3.8) is 0 Å². The highest BCUT2D eigenvalue weighted by molar-refractivity contribution is 7.57. The van der Waals surface area contributed by atoms with Gasteiger partial charge < -0.3 is 4.52 Å². The van der Waals surface area contributed by atoms with Crippen molar-refractivity contribution in [3.05, 3.63) is 71.8 Å². The lowest BCUT2D eigenvalue weighted by Gasteiger charge is -2.25. The van der Waals surface area contributed by atoms with Crippen molar-refractivity contribution in [1.82, 2.24) is 9.57 Å². The van der Waals surface area contributed by atoms with E-state index in [0.717, 1.165) is 11.1 Å². The van der Waals surface area contributed by atoms with E-state index in [-0.39, 0.29) is 11.9 Å². The minimum Gasteiger partial charge on any atom is -0.316 e. The molecule has 2 aromatic rings. The van der Waals surface area contributed by atoms with Gasteiger partial charge in [-0.25, -0.2) is 4.67 Å². The zero-order valence-electron chi connectivity index (χ0n) is 13.8. The van der Waals surface area contributed by atoms with E-state index in [1.165, 1.54) is 0 Å². The van der Waals surface area contributed by atoms with Crippen molar-refractivity contribution >= 4 is 7.52 Å². The minimum absolute atomic E-state index is 0.0706. The first-order chi connectivity index (χ1) is 11.1. The maximum absolute atomic E-state index is 13.7. The zero-order chi connectivity index (χ0) is 16.4. The molecule has 2 aromatic carbocycles. The summed E-state index contributed by atoms with van der Waals surface area (Å²) in [5.74, 6) is -0.265. The molecule has 0 aliphatic carbocycles. The molecular weight excluding hydrogens is 307 g/mol. The summed E-state index contributed by atoms with van der Waals surface area (Å²) in [6.07, 6.45) is -0.0706. The molecule has 1 aliphatic rings. The Hall–Kier alpha value is -1.45. The molecule has 0 amide bonds. The van der Waals surface area contributed by atoms with Gasteiger partial charge in [-0.3, -0.25) is 9.46 Å². The lowest BCUT2D eigenvalue weighted by molar-refractivity contribution is 0.175. The summed E-state index contributed by atoms with van der Waals surface area (Å²) in [4.78, 5) is 2.15. The largest absolute Gasteiger partial charge is 0.316 e. The molecule has 3 unspecified atom stereocenters. The summed E-state index contributed by atoms with van der Waals surface area (Å²) in [6, 6.07) is 20.1. The van der Waals surface area contributed by atoms with Gasteiger partial charge in [0.25, 0.3) is 7.52 Å². The maximum atomic E-state index is 13.7. The molecule has 3 rings (SSSR count). The summed E-state index contributed by atoms with van der Waals surface area (Å²) in [6.45, 7) is 2.33. The zero-order valence-corrected chi connectivity index (χ0v) is 14.7. The molecule has 0 N–H and O–H groups in total. The molecule has 3 atom stereocenters. The van der Waals surface area contributed by atoms with Gasteiger partial charge in [0, 0.05) is 0 Å². The van der Waals surface area contributed by atoms with Crippen molar-refractivity contribution in [3.8, 4) is 0 Å². The molecule has 0 spiro atoms. The fraction of sp³-hybridized carbons (Fsp3) is 0.333. The van der Waals surface area contributed by atoms with Gasteiger partial charge in [0.05, 0.1) is 12.8 Å². The Balaban J connectivity index is 2.09.